The summed E-state index contributed by atoms with van der Waals surface area (Å²) in [5.41, 5.74) is 6.85. The van der Waals surface area contributed by atoms with Gasteiger partial charge in [-0.2, -0.15) is 0 Å². The van der Waals surface area contributed by atoms with Crippen molar-refractivity contribution in [3.8, 4) is 5.75 Å². The van der Waals surface area contributed by atoms with Gasteiger partial charge in [-0.15, -0.1) is 0 Å². The number of rotatable bonds is 4. The predicted octanol–water partition coefficient (Wildman–Crippen LogP) is 2.04. The molecule has 1 aliphatic carbocycles. The Morgan fingerprint density at radius 3 is 2.70 bits per heavy atom. The molecule has 1 aromatic rings. The lowest BCUT2D eigenvalue weighted by Crippen LogP contribution is -2.69. The minimum Gasteiger partial charge on any atom is -0.491 e. The molecule has 0 radical (unpaired) electrons. The largest absolute Gasteiger partial charge is 0.491 e. The third kappa shape index (κ3) is 2.52. The van der Waals surface area contributed by atoms with Crippen LogP contribution in [0.15, 0.2) is 24.3 Å². The number of ether oxygens (including phenoxy) is 1. The van der Waals surface area contributed by atoms with Crippen LogP contribution in [-0.4, -0.2) is 35.5 Å². The first-order chi connectivity index (χ1) is 9.48. The van der Waals surface area contributed by atoms with Gasteiger partial charge in [0.1, 0.15) is 5.75 Å². The van der Waals surface area contributed by atoms with E-state index in [1.807, 2.05) is 43.0 Å². The number of nitrogens with zero attached hydrogens (tertiary/aromatic N) is 1. The maximum Gasteiger partial charge on any atom is 0.254 e. The zero-order chi connectivity index (χ0) is 14.3. The van der Waals surface area contributed by atoms with Crippen molar-refractivity contribution in [2.75, 3.05) is 13.1 Å². The summed E-state index contributed by atoms with van der Waals surface area (Å²) in [6.07, 6.45) is 2.54. The van der Waals surface area contributed by atoms with E-state index in [9.17, 15) is 4.79 Å². The number of benzene rings is 1. The molecule has 20 heavy (non-hydrogen) atoms. The van der Waals surface area contributed by atoms with Crippen molar-refractivity contribution >= 4 is 5.91 Å². The van der Waals surface area contributed by atoms with Crippen LogP contribution < -0.4 is 10.5 Å². The molecule has 4 nitrogen and oxygen atoms in total. The summed E-state index contributed by atoms with van der Waals surface area (Å²) in [5, 5.41) is 0. The molecule has 0 bridgehead atoms. The van der Waals surface area contributed by atoms with E-state index in [0.29, 0.717) is 24.6 Å². The lowest BCUT2D eigenvalue weighted by molar-refractivity contribution is 0.0350. The summed E-state index contributed by atoms with van der Waals surface area (Å²) in [5.74, 6) is 1.43. The van der Waals surface area contributed by atoms with Crippen LogP contribution in [0.1, 0.15) is 37.0 Å². The molecule has 2 aliphatic rings. The van der Waals surface area contributed by atoms with Gasteiger partial charge in [0, 0.05) is 18.7 Å². The number of amides is 1. The second kappa shape index (κ2) is 4.77. The van der Waals surface area contributed by atoms with Crippen molar-refractivity contribution in [3.05, 3.63) is 29.8 Å². The average Bonchev–Trinajstić information content (AvgIpc) is 3.18. The van der Waals surface area contributed by atoms with Crippen molar-refractivity contribution < 1.29 is 9.53 Å². The molecule has 1 saturated heterocycles. The molecular formula is C16H22N2O2. The number of likely N-dealkylation sites (tertiary alicyclic amines) is 1. The van der Waals surface area contributed by atoms with E-state index in [4.69, 9.17) is 10.5 Å². The number of hydrogen-bond acceptors (Lipinski definition) is 3. The summed E-state index contributed by atoms with van der Waals surface area (Å²) >= 11 is 0. The fourth-order valence-corrected chi connectivity index (χ4v) is 2.88. The first-order valence-electron chi connectivity index (χ1n) is 7.33. The van der Waals surface area contributed by atoms with E-state index >= 15 is 0 Å². The second-order valence-corrected chi connectivity index (χ2v) is 6.36. The molecule has 108 valence electrons. The summed E-state index contributed by atoms with van der Waals surface area (Å²) in [6.45, 7) is 5.32. The zero-order valence-corrected chi connectivity index (χ0v) is 12.1. The second-order valence-electron chi connectivity index (χ2n) is 6.36. The topological polar surface area (TPSA) is 55.6 Å². The SMILES string of the molecule is CC(C)Oc1cccc(C(=O)N2CC(N)(C3CC3)C2)c1. The zero-order valence-electron chi connectivity index (χ0n) is 12.1. The molecular weight excluding hydrogens is 252 g/mol. The van der Waals surface area contributed by atoms with Gasteiger partial charge in [-0.3, -0.25) is 4.79 Å². The molecule has 1 amide bonds. The highest BCUT2D eigenvalue weighted by atomic mass is 16.5. The van der Waals surface area contributed by atoms with Gasteiger partial charge in [0.25, 0.3) is 5.91 Å². The normalized spacial score (nSPS) is 20.7. The third-order valence-electron chi connectivity index (χ3n) is 4.10. The molecule has 0 aromatic heterocycles. The van der Waals surface area contributed by atoms with Crippen LogP contribution in [-0.2, 0) is 0 Å². The van der Waals surface area contributed by atoms with Crippen LogP contribution in [0, 0.1) is 5.92 Å². The molecule has 2 fully saturated rings. The van der Waals surface area contributed by atoms with E-state index in [-0.39, 0.29) is 17.6 Å². The Morgan fingerprint density at radius 1 is 1.40 bits per heavy atom. The Kier molecular flexibility index (Phi) is 3.21. The monoisotopic (exact) mass is 274 g/mol. The number of nitrogens with two attached hydrogens (primary N) is 1. The van der Waals surface area contributed by atoms with Gasteiger partial charge in [-0.25, -0.2) is 0 Å². The van der Waals surface area contributed by atoms with Crippen LogP contribution in [0.25, 0.3) is 0 Å². The van der Waals surface area contributed by atoms with Gasteiger partial charge in [0.15, 0.2) is 0 Å². The highest BCUT2D eigenvalue weighted by molar-refractivity contribution is 5.95. The average molecular weight is 274 g/mol. The Morgan fingerprint density at radius 2 is 2.10 bits per heavy atom. The molecule has 1 saturated carbocycles. The summed E-state index contributed by atoms with van der Waals surface area (Å²) < 4.78 is 5.63. The van der Waals surface area contributed by atoms with Gasteiger partial charge in [-0.05, 0) is 50.8 Å². The van der Waals surface area contributed by atoms with E-state index in [0.717, 1.165) is 5.75 Å². The van der Waals surface area contributed by atoms with Gasteiger partial charge in [0.05, 0.1) is 11.6 Å². The molecule has 1 aliphatic heterocycles. The van der Waals surface area contributed by atoms with Gasteiger partial charge >= 0.3 is 0 Å². The third-order valence-corrected chi connectivity index (χ3v) is 4.10. The fourth-order valence-electron chi connectivity index (χ4n) is 2.88. The van der Waals surface area contributed by atoms with Gasteiger partial charge in [0.2, 0.25) is 0 Å². The predicted molar refractivity (Wildman–Crippen MR) is 77.8 cm³/mol. The van der Waals surface area contributed by atoms with Crippen molar-refractivity contribution in [2.24, 2.45) is 11.7 Å². The van der Waals surface area contributed by atoms with Crippen LogP contribution in [0.3, 0.4) is 0 Å². The van der Waals surface area contributed by atoms with Gasteiger partial charge in [-0.1, -0.05) is 6.07 Å². The standard InChI is InChI=1S/C16H22N2O2/c1-11(2)20-14-5-3-4-12(8-14)15(19)18-9-16(17,10-18)13-6-7-13/h3-5,8,11,13H,6-7,9-10,17H2,1-2H3. The Hall–Kier alpha value is -1.55. The van der Waals surface area contributed by atoms with Crippen LogP contribution in [0.4, 0.5) is 0 Å². The van der Waals surface area contributed by atoms with Crippen molar-refractivity contribution in [2.45, 2.75) is 38.3 Å². The minimum atomic E-state index is -0.123. The smallest absolute Gasteiger partial charge is 0.254 e. The molecule has 2 N–H and O–H groups in total. The van der Waals surface area contributed by atoms with Crippen molar-refractivity contribution in [1.29, 1.82) is 0 Å². The van der Waals surface area contributed by atoms with Crippen molar-refractivity contribution in [3.63, 3.8) is 0 Å². The Bertz CT molecular complexity index is 517. The summed E-state index contributed by atoms with van der Waals surface area (Å²) in [7, 11) is 0. The van der Waals surface area contributed by atoms with Gasteiger partial charge < -0.3 is 15.4 Å². The van der Waals surface area contributed by atoms with Crippen LogP contribution >= 0.6 is 0 Å². The van der Waals surface area contributed by atoms with E-state index in [2.05, 4.69) is 0 Å². The maximum absolute atomic E-state index is 12.4. The first kappa shape index (κ1) is 13.4. The number of hydrogen-bond donors (Lipinski definition) is 1. The Balaban J connectivity index is 1.66. The van der Waals surface area contributed by atoms with Crippen molar-refractivity contribution in [1.82, 2.24) is 4.90 Å². The van der Waals surface area contributed by atoms with Crippen LogP contribution in [0.5, 0.6) is 5.75 Å². The molecule has 1 heterocycles. The molecule has 1 aromatic carbocycles. The number of carbonyl (C=O) groups is 1. The van der Waals surface area contributed by atoms with E-state index < -0.39 is 0 Å². The molecule has 4 heteroatoms. The lowest BCUT2D eigenvalue weighted by Gasteiger charge is -2.48. The van der Waals surface area contributed by atoms with E-state index in [1.54, 1.807) is 0 Å². The Labute approximate surface area is 119 Å². The van der Waals surface area contributed by atoms with E-state index in [1.165, 1.54) is 12.8 Å². The minimum absolute atomic E-state index is 0.0564. The molecule has 0 spiro atoms. The molecule has 0 atom stereocenters. The molecule has 0 unspecified atom stereocenters. The summed E-state index contributed by atoms with van der Waals surface area (Å²) in [4.78, 5) is 14.3. The number of carbonyl (C=O) groups excluding carboxylic acids is 1. The maximum atomic E-state index is 12.4. The highest BCUT2D eigenvalue weighted by Gasteiger charge is 2.51. The highest BCUT2D eigenvalue weighted by Crippen LogP contribution is 2.43. The quantitative estimate of drug-likeness (QED) is 0.914. The lowest BCUT2D eigenvalue weighted by atomic mass is 9.85. The first-order valence-corrected chi connectivity index (χ1v) is 7.33. The summed E-state index contributed by atoms with van der Waals surface area (Å²) in [6, 6.07) is 7.39. The van der Waals surface area contributed by atoms with Crippen LogP contribution in [0.2, 0.25) is 0 Å². The molecule has 3 rings (SSSR count). The fraction of sp³-hybridized carbons (Fsp3) is 0.562.